The normalized spacial score (nSPS) is 10.7. The molecule has 0 aliphatic heterocycles. The van der Waals surface area contributed by atoms with E-state index in [9.17, 15) is 4.79 Å². The van der Waals surface area contributed by atoms with Crippen LogP contribution in [0, 0.1) is 0 Å². The maximum atomic E-state index is 10.9. The fraction of sp³-hybridized carbons (Fsp3) is 0.545. The highest BCUT2D eigenvalue weighted by Crippen LogP contribution is 2.06. The van der Waals surface area contributed by atoms with Gasteiger partial charge >= 0.3 is 0 Å². The Labute approximate surface area is 95.6 Å². The number of rotatable bonds is 7. The predicted octanol–water partition coefficient (Wildman–Crippen LogP) is 0.872. The summed E-state index contributed by atoms with van der Waals surface area (Å²) in [5.41, 5.74) is 2.13. The van der Waals surface area contributed by atoms with Crippen LogP contribution in [0.25, 0.3) is 0 Å². The molecule has 0 unspecified atom stereocenters. The number of carbonyl (C=O) groups excluding carboxylic acids is 1. The van der Waals surface area contributed by atoms with E-state index in [-0.39, 0.29) is 5.91 Å². The zero-order valence-electron chi connectivity index (χ0n) is 9.61. The minimum absolute atomic E-state index is 0.117. The predicted molar refractivity (Wildman–Crippen MR) is 61.2 cm³/mol. The van der Waals surface area contributed by atoms with Crippen LogP contribution in [-0.2, 0) is 11.3 Å². The van der Waals surface area contributed by atoms with Gasteiger partial charge in [0.2, 0.25) is 5.91 Å². The molecule has 1 aromatic rings. The van der Waals surface area contributed by atoms with Gasteiger partial charge in [-0.05, 0) is 31.6 Å². The average molecular weight is 225 g/mol. The second kappa shape index (κ2) is 7.03. The molecule has 1 aromatic heterocycles. The van der Waals surface area contributed by atoms with Gasteiger partial charge in [0.15, 0.2) is 0 Å². The zero-order chi connectivity index (χ0) is 11.8. The number of hydrogen-bond donors (Lipinski definition) is 2. The molecule has 0 bridgehead atoms. The van der Waals surface area contributed by atoms with Crippen molar-refractivity contribution in [3.63, 3.8) is 0 Å². The second-order valence-corrected chi connectivity index (χ2v) is 3.62. The first-order valence-electron chi connectivity index (χ1n) is 5.50. The molecule has 0 radical (unpaired) electrons. The second-order valence-electron chi connectivity index (χ2n) is 3.62. The van der Waals surface area contributed by atoms with Crippen molar-refractivity contribution in [2.45, 2.75) is 26.3 Å². The molecule has 0 saturated carbocycles. The van der Waals surface area contributed by atoms with Crippen LogP contribution in [0.5, 0.6) is 0 Å². The number of hydrogen-bond acceptors (Lipinski definition) is 4. The van der Waals surface area contributed by atoms with Gasteiger partial charge in [-0.2, -0.15) is 0 Å². The summed E-state index contributed by atoms with van der Waals surface area (Å²) in [6.45, 7) is 4.68. The van der Waals surface area contributed by atoms with Crippen molar-refractivity contribution >= 4 is 5.91 Å². The van der Waals surface area contributed by atoms with Gasteiger partial charge in [0, 0.05) is 6.42 Å². The molecular formula is C11H19N3O2. The molecule has 0 spiro atoms. The minimum Gasteiger partial charge on any atom is -0.468 e. The molecule has 5 nitrogen and oxygen atoms in total. The summed E-state index contributed by atoms with van der Waals surface area (Å²) in [5, 5.41) is 0. The highest BCUT2D eigenvalue weighted by Gasteiger charge is 2.06. The van der Waals surface area contributed by atoms with Crippen molar-refractivity contribution < 1.29 is 9.21 Å². The number of carbonyl (C=O) groups is 1. The molecule has 0 aliphatic carbocycles. The van der Waals surface area contributed by atoms with Gasteiger partial charge in [-0.15, -0.1) is 0 Å². The maximum absolute atomic E-state index is 10.9. The van der Waals surface area contributed by atoms with E-state index >= 15 is 0 Å². The first-order chi connectivity index (χ1) is 7.76. The summed E-state index contributed by atoms with van der Waals surface area (Å²) in [6.07, 6.45) is 2.94. The Morgan fingerprint density at radius 1 is 1.62 bits per heavy atom. The molecule has 5 heteroatoms. The Bertz CT molecular complexity index is 298. The van der Waals surface area contributed by atoms with Gasteiger partial charge in [0.25, 0.3) is 0 Å². The average Bonchev–Trinajstić information content (AvgIpc) is 2.80. The molecule has 0 saturated heterocycles. The Morgan fingerprint density at radius 2 is 2.44 bits per heavy atom. The van der Waals surface area contributed by atoms with E-state index in [4.69, 9.17) is 10.3 Å². The summed E-state index contributed by atoms with van der Waals surface area (Å²) in [6, 6.07) is 3.83. The van der Waals surface area contributed by atoms with E-state index in [0.29, 0.717) is 6.42 Å². The van der Waals surface area contributed by atoms with Crippen molar-refractivity contribution in [1.82, 2.24) is 10.3 Å². The highest BCUT2D eigenvalue weighted by atomic mass is 16.3. The van der Waals surface area contributed by atoms with Crippen LogP contribution >= 0.6 is 0 Å². The molecule has 1 heterocycles. The highest BCUT2D eigenvalue weighted by molar-refractivity contribution is 5.75. The van der Waals surface area contributed by atoms with E-state index < -0.39 is 0 Å². The number of nitrogens with one attached hydrogen (secondary N) is 1. The monoisotopic (exact) mass is 225 g/mol. The zero-order valence-corrected chi connectivity index (χ0v) is 9.61. The number of furan rings is 1. The standard InChI is InChI=1S/C11H19N3O2/c1-2-14(7-3-6-11(15)13-12)9-10-5-4-8-16-10/h4-5,8H,2-3,6-7,9,12H2,1H3,(H,13,15). The van der Waals surface area contributed by atoms with E-state index in [2.05, 4.69) is 17.2 Å². The summed E-state index contributed by atoms with van der Waals surface area (Å²) >= 11 is 0. The van der Waals surface area contributed by atoms with E-state index in [1.165, 1.54) is 0 Å². The molecule has 1 amide bonds. The van der Waals surface area contributed by atoms with Gasteiger partial charge in [-0.3, -0.25) is 15.1 Å². The SMILES string of the molecule is CCN(CCCC(=O)NN)Cc1ccco1. The fourth-order valence-corrected chi connectivity index (χ4v) is 1.51. The van der Waals surface area contributed by atoms with Crippen LogP contribution in [0.1, 0.15) is 25.5 Å². The lowest BCUT2D eigenvalue weighted by Crippen LogP contribution is -2.31. The molecule has 1 rings (SSSR count). The number of amides is 1. The molecule has 0 aliphatic rings. The van der Waals surface area contributed by atoms with Crippen molar-refractivity contribution in [2.75, 3.05) is 13.1 Å². The van der Waals surface area contributed by atoms with Crippen LogP contribution in [0.2, 0.25) is 0 Å². The minimum atomic E-state index is -0.117. The van der Waals surface area contributed by atoms with Crippen LogP contribution < -0.4 is 11.3 Å². The van der Waals surface area contributed by atoms with Gasteiger partial charge in [-0.1, -0.05) is 6.92 Å². The summed E-state index contributed by atoms with van der Waals surface area (Å²) in [4.78, 5) is 13.2. The molecule has 16 heavy (non-hydrogen) atoms. The van der Waals surface area contributed by atoms with Crippen molar-refractivity contribution in [2.24, 2.45) is 5.84 Å². The van der Waals surface area contributed by atoms with Gasteiger partial charge in [0.05, 0.1) is 12.8 Å². The lowest BCUT2D eigenvalue weighted by atomic mass is 10.2. The summed E-state index contributed by atoms with van der Waals surface area (Å²) in [5.74, 6) is 5.84. The lowest BCUT2D eigenvalue weighted by molar-refractivity contribution is -0.121. The smallest absolute Gasteiger partial charge is 0.233 e. The molecule has 3 N–H and O–H groups in total. The van der Waals surface area contributed by atoms with Crippen molar-refractivity contribution in [3.8, 4) is 0 Å². The van der Waals surface area contributed by atoms with Gasteiger partial charge in [0.1, 0.15) is 5.76 Å². The largest absolute Gasteiger partial charge is 0.468 e. The molecule has 90 valence electrons. The van der Waals surface area contributed by atoms with Gasteiger partial charge < -0.3 is 4.42 Å². The molecule has 0 atom stereocenters. The Hall–Kier alpha value is -1.33. The van der Waals surface area contributed by atoms with E-state index in [1.54, 1.807) is 6.26 Å². The van der Waals surface area contributed by atoms with Gasteiger partial charge in [-0.25, -0.2) is 5.84 Å². The third-order valence-corrected chi connectivity index (χ3v) is 2.45. The van der Waals surface area contributed by atoms with Crippen LogP contribution in [0.15, 0.2) is 22.8 Å². The number of nitrogens with two attached hydrogens (primary N) is 1. The molecule has 0 aromatic carbocycles. The van der Waals surface area contributed by atoms with E-state index in [1.807, 2.05) is 12.1 Å². The third kappa shape index (κ3) is 4.46. The molecule has 0 fully saturated rings. The summed E-state index contributed by atoms with van der Waals surface area (Å²) < 4.78 is 5.27. The number of nitrogens with zero attached hydrogens (tertiary/aromatic N) is 1. The first kappa shape index (κ1) is 12.7. The Kier molecular flexibility index (Phi) is 5.60. The van der Waals surface area contributed by atoms with E-state index in [0.717, 1.165) is 31.8 Å². The maximum Gasteiger partial charge on any atom is 0.233 e. The Morgan fingerprint density at radius 3 is 3.00 bits per heavy atom. The third-order valence-electron chi connectivity index (χ3n) is 2.45. The fourth-order valence-electron chi connectivity index (χ4n) is 1.51. The van der Waals surface area contributed by atoms with Crippen LogP contribution in [-0.4, -0.2) is 23.9 Å². The first-order valence-corrected chi connectivity index (χ1v) is 5.50. The summed E-state index contributed by atoms with van der Waals surface area (Å²) in [7, 11) is 0. The van der Waals surface area contributed by atoms with Crippen molar-refractivity contribution in [1.29, 1.82) is 0 Å². The molecular weight excluding hydrogens is 206 g/mol. The number of hydrazine groups is 1. The topological polar surface area (TPSA) is 71.5 Å². The van der Waals surface area contributed by atoms with Crippen LogP contribution in [0.4, 0.5) is 0 Å². The Balaban J connectivity index is 2.24. The lowest BCUT2D eigenvalue weighted by Gasteiger charge is -2.18. The van der Waals surface area contributed by atoms with Crippen molar-refractivity contribution in [3.05, 3.63) is 24.2 Å². The van der Waals surface area contributed by atoms with Crippen LogP contribution in [0.3, 0.4) is 0 Å². The quantitative estimate of drug-likeness (QED) is 0.410.